The third kappa shape index (κ3) is 6.45. The topological polar surface area (TPSA) is 88.9 Å². The van der Waals surface area contributed by atoms with E-state index in [1.807, 2.05) is 65.3 Å². The van der Waals surface area contributed by atoms with Gasteiger partial charge in [-0.1, -0.05) is 72.8 Å². The molecule has 8 nitrogen and oxygen atoms in total. The fourth-order valence-electron chi connectivity index (χ4n) is 5.66. The van der Waals surface area contributed by atoms with Crippen molar-refractivity contribution >= 4 is 10.9 Å². The van der Waals surface area contributed by atoms with Crippen molar-refractivity contribution in [1.82, 2.24) is 30.1 Å². The van der Waals surface area contributed by atoms with Crippen molar-refractivity contribution in [2.24, 2.45) is 0 Å². The van der Waals surface area contributed by atoms with Gasteiger partial charge in [0.25, 0.3) is 5.56 Å². The zero-order valence-electron chi connectivity index (χ0n) is 25.3. The van der Waals surface area contributed by atoms with Crippen LogP contribution >= 0.6 is 0 Å². The highest BCUT2D eigenvalue weighted by Crippen LogP contribution is 2.31. The van der Waals surface area contributed by atoms with E-state index in [0.29, 0.717) is 31.0 Å². The number of aromatic nitrogens is 5. The van der Waals surface area contributed by atoms with E-state index < -0.39 is 6.04 Å². The Kier molecular flexibility index (Phi) is 8.61. The number of H-pyrrole nitrogens is 1. The third-order valence-electron chi connectivity index (χ3n) is 8.18. The van der Waals surface area contributed by atoms with Crippen molar-refractivity contribution in [3.05, 3.63) is 153 Å². The monoisotopic (exact) mass is 584 g/mol. The average Bonchev–Trinajstić information content (AvgIpc) is 3.51. The molecule has 0 fully saturated rings. The van der Waals surface area contributed by atoms with Crippen LogP contribution in [-0.2, 0) is 26.1 Å². The molecule has 0 spiro atoms. The number of ether oxygens (including phenoxy) is 1. The molecule has 0 aliphatic rings. The normalized spacial score (nSPS) is 12.1. The highest BCUT2D eigenvalue weighted by molar-refractivity contribution is 5.81. The van der Waals surface area contributed by atoms with E-state index in [9.17, 15) is 4.79 Å². The Bertz CT molecular complexity index is 1900. The molecule has 0 aliphatic carbocycles. The maximum absolute atomic E-state index is 14.0. The van der Waals surface area contributed by atoms with Crippen LogP contribution in [0.2, 0.25) is 0 Å². The number of nitrogens with zero attached hydrogens (tertiary/aromatic N) is 5. The summed E-state index contributed by atoms with van der Waals surface area (Å²) >= 11 is 0. The Hall–Kier alpha value is -5.08. The molecule has 0 amide bonds. The first-order valence-corrected chi connectivity index (χ1v) is 14.8. The Morgan fingerprint density at radius 1 is 0.818 bits per heavy atom. The van der Waals surface area contributed by atoms with Crippen LogP contribution in [0.3, 0.4) is 0 Å². The van der Waals surface area contributed by atoms with Crippen molar-refractivity contribution < 1.29 is 4.74 Å². The highest BCUT2D eigenvalue weighted by atomic mass is 16.5. The molecule has 44 heavy (non-hydrogen) atoms. The molecule has 0 unspecified atom stereocenters. The lowest BCUT2D eigenvalue weighted by molar-refractivity contribution is 0.193. The summed E-state index contributed by atoms with van der Waals surface area (Å²) in [6.45, 7) is 5.86. The number of methoxy groups -OCH3 is 1. The number of aryl methyl sites for hydroxylation is 4. The number of tetrazole rings is 1. The minimum atomic E-state index is -0.530. The van der Waals surface area contributed by atoms with Crippen LogP contribution in [0.4, 0.5) is 0 Å². The van der Waals surface area contributed by atoms with E-state index in [0.717, 1.165) is 39.8 Å². The SMILES string of the molecule is COc1ccc(CN(Cc2ccccc2)[C@@H](c2cc3cc(C)c(C)cc3[nH]c2=O)c2nnnn2CCc2ccccc2)cc1. The lowest BCUT2D eigenvalue weighted by atomic mass is 9.99. The molecule has 0 aliphatic heterocycles. The second kappa shape index (κ2) is 13.1. The minimum absolute atomic E-state index is 0.156. The number of pyridine rings is 1. The summed E-state index contributed by atoms with van der Waals surface area (Å²) in [5.74, 6) is 1.42. The van der Waals surface area contributed by atoms with E-state index in [4.69, 9.17) is 4.74 Å². The summed E-state index contributed by atoms with van der Waals surface area (Å²) in [4.78, 5) is 19.4. The average molecular weight is 585 g/mol. The van der Waals surface area contributed by atoms with Gasteiger partial charge in [0.2, 0.25) is 0 Å². The molecule has 222 valence electrons. The van der Waals surface area contributed by atoms with Gasteiger partial charge >= 0.3 is 0 Å². The Balaban J connectivity index is 1.49. The van der Waals surface area contributed by atoms with Gasteiger partial charge in [0.1, 0.15) is 11.8 Å². The molecule has 0 saturated carbocycles. The van der Waals surface area contributed by atoms with Gasteiger partial charge in [-0.3, -0.25) is 9.69 Å². The molecule has 1 N–H and O–H groups in total. The zero-order chi connectivity index (χ0) is 30.5. The largest absolute Gasteiger partial charge is 0.497 e. The van der Waals surface area contributed by atoms with E-state index >= 15 is 0 Å². The molecular weight excluding hydrogens is 548 g/mol. The van der Waals surface area contributed by atoms with Crippen LogP contribution in [0, 0.1) is 13.8 Å². The molecule has 0 bridgehead atoms. The van der Waals surface area contributed by atoms with Crippen LogP contribution in [0.1, 0.15) is 45.2 Å². The fraction of sp³-hybridized carbons (Fsp3) is 0.222. The van der Waals surface area contributed by atoms with Crippen molar-refractivity contribution in [2.75, 3.05) is 7.11 Å². The van der Waals surface area contributed by atoms with Gasteiger partial charge in [-0.25, -0.2) is 4.68 Å². The number of aromatic amines is 1. The maximum atomic E-state index is 14.0. The maximum Gasteiger partial charge on any atom is 0.253 e. The first-order chi connectivity index (χ1) is 21.5. The predicted octanol–water partition coefficient (Wildman–Crippen LogP) is 6.17. The number of nitrogens with one attached hydrogen (secondary N) is 1. The molecule has 6 aromatic rings. The molecule has 8 heteroatoms. The van der Waals surface area contributed by atoms with Gasteiger partial charge in [0.15, 0.2) is 5.82 Å². The van der Waals surface area contributed by atoms with Crippen molar-refractivity contribution in [3.63, 3.8) is 0 Å². The predicted molar refractivity (Wildman–Crippen MR) is 173 cm³/mol. The van der Waals surface area contributed by atoms with E-state index in [2.05, 4.69) is 81.7 Å². The highest BCUT2D eigenvalue weighted by Gasteiger charge is 2.31. The second-order valence-corrected chi connectivity index (χ2v) is 11.2. The lowest BCUT2D eigenvalue weighted by Crippen LogP contribution is -2.35. The number of hydrogen-bond donors (Lipinski definition) is 1. The summed E-state index contributed by atoms with van der Waals surface area (Å²) in [6.07, 6.45) is 0.759. The summed E-state index contributed by atoms with van der Waals surface area (Å²) < 4.78 is 7.25. The second-order valence-electron chi connectivity index (χ2n) is 11.2. The Morgan fingerprint density at radius 3 is 2.14 bits per heavy atom. The molecule has 0 saturated heterocycles. The first-order valence-electron chi connectivity index (χ1n) is 14.8. The first kappa shape index (κ1) is 29.0. The van der Waals surface area contributed by atoms with Crippen molar-refractivity contribution in [2.45, 2.75) is 45.9 Å². The zero-order valence-corrected chi connectivity index (χ0v) is 25.3. The van der Waals surface area contributed by atoms with Gasteiger partial charge in [-0.15, -0.1) is 5.10 Å². The molecule has 4 aromatic carbocycles. The van der Waals surface area contributed by atoms with Gasteiger partial charge in [0, 0.05) is 30.7 Å². The van der Waals surface area contributed by atoms with Gasteiger partial charge in [0.05, 0.1) is 7.11 Å². The fourth-order valence-corrected chi connectivity index (χ4v) is 5.66. The number of hydrogen-bond acceptors (Lipinski definition) is 6. The molecule has 0 radical (unpaired) electrons. The number of fused-ring (bicyclic) bond motifs is 1. The van der Waals surface area contributed by atoms with Gasteiger partial charge in [-0.05, 0) is 94.2 Å². The summed E-state index contributed by atoms with van der Waals surface area (Å²) in [7, 11) is 1.66. The Labute approximate surface area is 256 Å². The van der Waals surface area contributed by atoms with E-state index in [-0.39, 0.29) is 5.56 Å². The smallest absolute Gasteiger partial charge is 0.253 e. The molecule has 2 heterocycles. The minimum Gasteiger partial charge on any atom is -0.497 e. The number of rotatable bonds is 11. The number of benzene rings is 4. The van der Waals surface area contributed by atoms with Crippen LogP contribution < -0.4 is 10.3 Å². The van der Waals surface area contributed by atoms with Crippen molar-refractivity contribution in [1.29, 1.82) is 0 Å². The standard InChI is InChI=1S/C36H36N6O2/c1-25-20-30-22-32(36(43)37-33(30)21-26(25)2)34(35-38-39-40-42(35)19-18-27-10-6-4-7-11-27)41(23-28-12-8-5-9-13-28)24-29-14-16-31(44-3)17-15-29/h4-17,20-22,34H,18-19,23-24H2,1-3H3,(H,37,43)/t34-/m0/s1. The van der Waals surface area contributed by atoms with E-state index in [1.54, 1.807) is 7.11 Å². The summed E-state index contributed by atoms with van der Waals surface area (Å²) in [6, 6.07) is 34.3. The van der Waals surface area contributed by atoms with Crippen LogP contribution in [0.5, 0.6) is 5.75 Å². The Morgan fingerprint density at radius 2 is 1.45 bits per heavy atom. The lowest BCUT2D eigenvalue weighted by Gasteiger charge is -2.31. The molecule has 1 atom stereocenters. The quantitative estimate of drug-likeness (QED) is 0.196. The van der Waals surface area contributed by atoms with E-state index in [1.165, 1.54) is 11.1 Å². The molecule has 6 rings (SSSR count). The van der Waals surface area contributed by atoms with Crippen LogP contribution in [-0.4, -0.2) is 37.2 Å². The van der Waals surface area contributed by atoms with Gasteiger partial charge < -0.3 is 9.72 Å². The third-order valence-corrected chi connectivity index (χ3v) is 8.18. The van der Waals surface area contributed by atoms with Crippen molar-refractivity contribution in [3.8, 4) is 5.75 Å². The van der Waals surface area contributed by atoms with Gasteiger partial charge in [-0.2, -0.15) is 0 Å². The molecular formula is C36H36N6O2. The summed E-state index contributed by atoms with van der Waals surface area (Å²) in [5, 5.41) is 14.1. The van der Waals surface area contributed by atoms with Crippen LogP contribution in [0.15, 0.2) is 108 Å². The van der Waals surface area contributed by atoms with Crippen LogP contribution in [0.25, 0.3) is 10.9 Å². The molecule has 2 aromatic heterocycles. The summed E-state index contributed by atoms with van der Waals surface area (Å²) in [5.41, 5.74) is 6.95.